The van der Waals surface area contributed by atoms with E-state index in [1.54, 1.807) is 24.3 Å². The molecule has 1 aliphatic rings. The molecular weight excluding hydrogens is 314 g/mol. The molecule has 0 bridgehead atoms. The zero-order valence-electron chi connectivity index (χ0n) is 14.4. The molecule has 1 saturated heterocycles. The molecular formula is C20H23N3O2. The van der Waals surface area contributed by atoms with Gasteiger partial charge in [0.05, 0.1) is 0 Å². The number of carbonyl (C=O) groups excluding carboxylic acids is 2. The lowest BCUT2D eigenvalue weighted by Gasteiger charge is -2.16. The number of hydrogen-bond donors (Lipinski definition) is 2. The Bertz CT molecular complexity index is 767. The van der Waals surface area contributed by atoms with Crippen LogP contribution in [0.1, 0.15) is 34.3 Å². The standard InChI is InChI=1S/C20H23N3O2/c1-15-7-2-3-8-17(15)14-21-20(25)22-18-10-6-9-16(13-18)19(24)23-11-4-5-12-23/h2-3,6-10,13H,4-5,11-12,14H2,1H3,(H2,21,22,25). The second kappa shape index (κ2) is 7.83. The van der Waals surface area contributed by atoms with E-state index in [-0.39, 0.29) is 11.9 Å². The van der Waals surface area contributed by atoms with E-state index in [1.165, 1.54) is 0 Å². The van der Waals surface area contributed by atoms with Gasteiger partial charge in [0, 0.05) is 30.9 Å². The van der Waals surface area contributed by atoms with Crippen LogP contribution in [0.3, 0.4) is 0 Å². The first-order valence-electron chi connectivity index (χ1n) is 8.62. The number of amides is 3. The van der Waals surface area contributed by atoms with Crippen molar-refractivity contribution in [2.24, 2.45) is 0 Å². The molecule has 0 aliphatic carbocycles. The fourth-order valence-electron chi connectivity index (χ4n) is 2.99. The monoisotopic (exact) mass is 337 g/mol. The molecule has 0 aromatic heterocycles. The number of rotatable bonds is 4. The molecule has 1 fully saturated rings. The van der Waals surface area contributed by atoms with Gasteiger partial charge >= 0.3 is 6.03 Å². The van der Waals surface area contributed by atoms with Gasteiger partial charge in [0.2, 0.25) is 0 Å². The third kappa shape index (κ3) is 4.38. The van der Waals surface area contributed by atoms with Crippen LogP contribution >= 0.6 is 0 Å². The highest BCUT2D eigenvalue weighted by Crippen LogP contribution is 2.16. The number of hydrogen-bond acceptors (Lipinski definition) is 2. The maximum absolute atomic E-state index is 12.4. The van der Waals surface area contributed by atoms with Crippen molar-refractivity contribution in [2.75, 3.05) is 18.4 Å². The molecule has 130 valence electrons. The van der Waals surface area contributed by atoms with E-state index in [2.05, 4.69) is 10.6 Å². The molecule has 2 aromatic carbocycles. The average molecular weight is 337 g/mol. The first-order valence-corrected chi connectivity index (χ1v) is 8.62. The predicted octanol–water partition coefficient (Wildman–Crippen LogP) is 3.55. The number of nitrogens with zero attached hydrogens (tertiary/aromatic N) is 1. The van der Waals surface area contributed by atoms with Gasteiger partial charge in [-0.25, -0.2) is 4.79 Å². The van der Waals surface area contributed by atoms with Gasteiger partial charge < -0.3 is 15.5 Å². The van der Waals surface area contributed by atoms with E-state index in [4.69, 9.17) is 0 Å². The first kappa shape index (κ1) is 17.0. The molecule has 5 heteroatoms. The van der Waals surface area contributed by atoms with Gasteiger partial charge in [-0.05, 0) is 49.1 Å². The topological polar surface area (TPSA) is 61.4 Å². The highest BCUT2D eigenvalue weighted by atomic mass is 16.2. The molecule has 3 rings (SSSR count). The van der Waals surface area contributed by atoms with Crippen molar-refractivity contribution in [3.63, 3.8) is 0 Å². The predicted molar refractivity (Wildman–Crippen MR) is 98.6 cm³/mol. The molecule has 0 radical (unpaired) electrons. The highest BCUT2D eigenvalue weighted by Gasteiger charge is 2.19. The van der Waals surface area contributed by atoms with Crippen LogP contribution in [0, 0.1) is 6.92 Å². The summed E-state index contributed by atoms with van der Waals surface area (Å²) in [6.45, 7) is 4.11. The van der Waals surface area contributed by atoms with Crippen molar-refractivity contribution >= 4 is 17.6 Å². The Balaban J connectivity index is 1.59. The average Bonchev–Trinajstić information content (AvgIpc) is 3.15. The van der Waals surface area contributed by atoms with E-state index < -0.39 is 0 Å². The van der Waals surface area contributed by atoms with Crippen LogP contribution in [0.4, 0.5) is 10.5 Å². The zero-order chi connectivity index (χ0) is 17.6. The van der Waals surface area contributed by atoms with E-state index >= 15 is 0 Å². The van der Waals surface area contributed by atoms with Crippen molar-refractivity contribution in [1.82, 2.24) is 10.2 Å². The minimum absolute atomic E-state index is 0.0291. The number of urea groups is 1. The molecule has 2 N–H and O–H groups in total. The van der Waals surface area contributed by atoms with Gasteiger partial charge in [0.25, 0.3) is 5.91 Å². The zero-order valence-corrected chi connectivity index (χ0v) is 14.4. The number of benzene rings is 2. The molecule has 0 spiro atoms. The molecule has 5 nitrogen and oxygen atoms in total. The lowest BCUT2D eigenvalue weighted by molar-refractivity contribution is 0.0793. The Labute approximate surface area is 148 Å². The normalized spacial score (nSPS) is 13.6. The number of carbonyl (C=O) groups is 2. The summed E-state index contributed by atoms with van der Waals surface area (Å²) in [6.07, 6.45) is 2.12. The van der Waals surface area contributed by atoms with Crippen molar-refractivity contribution < 1.29 is 9.59 Å². The van der Waals surface area contributed by atoms with Gasteiger partial charge in [-0.15, -0.1) is 0 Å². The van der Waals surface area contributed by atoms with Gasteiger partial charge in [-0.2, -0.15) is 0 Å². The van der Waals surface area contributed by atoms with Gasteiger partial charge in [-0.3, -0.25) is 4.79 Å². The second-order valence-corrected chi connectivity index (χ2v) is 6.31. The Morgan fingerprint density at radius 1 is 1.04 bits per heavy atom. The summed E-state index contributed by atoms with van der Waals surface area (Å²) in [5.41, 5.74) is 3.45. The largest absolute Gasteiger partial charge is 0.339 e. The fourth-order valence-corrected chi connectivity index (χ4v) is 2.99. The van der Waals surface area contributed by atoms with Crippen LogP contribution in [0.2, 0.25) is 0 Å². The molecule has 25 heavy (non-hydrogen) atoms. The van der Waals surface area contributed by atoms with E-state index in [9.17, 15) is 9.59 Å². The molecule has 0 unspecified atom stereocenters. The van der Waals surface area contributed by atoms with Crippen LogP contribution in [-0.2, 0) is 6.54 Å². The first-order chi connectivity index (χ1) is 12.1. The van der Waals surface area contributed by atoms with Crippen molar-refractivity contribution in [3.05, 3.63) is 65.2 Å². The summed E-state index contributed by atoms with van der Waals surface area (Å²) in [4.78, 5) is 26.4. The summed E-state index contributed by atoms with van der Waals surface area (Å²) >= 11 is 0. The Morgan fingerprint density at radius 3 is 2.56 bits per heavy atom. The summed E-state index contributed by atoms with van der Waals surface area (Å²) in [6, 6.07) is 14.7. The lowest BCUT2D eigenvalue weighted by atomic mass is 10.1. The Kier molecular flexibility index (Phi) is 5.33. The Hall–Kier alpha value is -2.82. The molecule has 1 aliphatic heterocycles. The van der Waals surface area contributed by atoms with Crippen LogP contribution in [-0.4, -0.2) is 29.9 Å². The number of anilines is 1. The van der Waals surface area contributed by atoms with Crippen LogP contribution in [0.15, 0.2) is 48.5 Å². The molecule has 3 amide bonds. The lowest BCUT2D eigenvalue weighted by Crippen LogP contribution is -2.29. The third-order valence-electron chi connectivity index (χ3n) is 4.46. The number of nitrogens with one attached hydrogen (secondary N) is 2. The van der Waals surface area contributed by atoms with Gasteiger partial charge in [-0.1, -0.05) is 30.3 Å². The number of likely N-dealkylation sites (tertiary alicyclic amines) is 1. The molecule has 2 aromatic rings. The smallest absolute Gasteiger partial charge is 0.319 e. The van der Waals surface area contributed by atoms with Crippen molar-refractivity contribution in [2.45, 2.75) is 26.3 Å². The van der Waals surface area contributed by atoms with Crippen LogP contribution < -0.4 is 10.6 Å². The van der Waals surface area contributed by atoms with E-state index in [1.807, 2.05) is 36.1 Å². The Morgan fingerprint density at radius 2 is 1.80 bits per heavy atom. The maximum atomic E-state index is 12.4. The molecule has 0 saturated carbocycles. The summed E-state index contributed by atoms with van der Waals surface area (Å²) in [5, 5.41) is 5.64. The molecule has 1 heterocycles. The van der Waals surface area contributed by atoms with Gasteiger partial charge in [0.15, 0.2) is 0 Å². The molecule has 0 atom stereocenters. The quantitative estimate of drug-likeness (QED) is 0.896. The highest BCUT2D eigenvalue weighted by molar-refractivity contribution is 5.97. The van der Waals surface area contributed by atoms with Crippen LogP contribution in [0.5, 0.6) is 0 Å². The van der Waals surface area contributed by atoms with Crippen molar-refractivity contribution in [3.8, 4) is 0 Å². The third-order valence-corrected chi connectivity index (χ3v) is 4.46. The van der Waals surface area contributed by atoms with Crippen molar-refractivity contribution in [1.29, 1.82) is 0 Å². The number of aryl methyl sites for hydroxylation is 1. The maximum Gasteiger partial charge on any atom is 0.319 e. The summed E-state index contributed by atoms with van der Waals surface area (Å²) < 4.78 is 0. The van der Waals surface area contributed by atoms with E-state index in [0.717, 1.165) is 37.1 Å². The van der Waals surface area contributed by atoms with Gasteiger partial charge in [0.1, 0.15) is 0 Å². The summed E-state index contributed by atoms with van der Waals surface area (Å²) in [5.74, 6) is 0.0291. The fraction of sp³-hybridized carbons (Fsp3) is 0.300. The minimum atomic E-state index is -0.283. The SMILES string of the molecule is Cc1ccccc1CNC(=O)Nc1cccc(C(=O)N2CCCC2)c1. The van der Waals surface area contributed by atoms with E-state index in [0.29, 0.717) is 17.8 Å². The minimum Gasteiger partial charge on any atom is -0.339 e. The van der Waals surface area contributed by atoms with Crippen LogP contribution in [0.25, 0.3) is 0 Å². The second-order valence-electron chi connectivity index (χ2n) is 6.31. The summed E-state index contributed by atoms with van der Waals surface area (Å²) in [7, 11) is 0.